The van der Waals surface area contributed by atoms with Crippen LogP contribution < -0.4 is 0 Å². The first-order chi connectivity index (χ1) is 7.78. The number of nitriles is 1. The molecule has 4 aliphatic rings. The van der Waals surface area contributed by atoms with Crippen LogP contribution in [0.25, 0.3) is 0 Å². The van der Waals surface area contributed by atoms with Crippen molar-refractivity contribution in [3.63, 3.8) is 0 Å². The predicted octanol–water partition coefficient (Wildman–Crippen LogP) is 2.78. The number of rotatable bonds is 2. The van der Waals surface area contributed by atoms with Gasteiger partial charge in [0.15, 0.2) is 0 Å². The second kappa shape index (κ2) is 3.80. The summed E-state index contributed by atoms with van der Waals surface area (Å²) < 4.78 is 0. The second-order valence-corrected chi connectivity index (χ2v) is 6.03. The van der Waals surface area contributed by atoms with Gasteiger partial charge in [-0.2, -0.15) is 5.26 Å². The van der Waals surface area contributed by atoms with Crippen LogP contribution in [-0.2, 0) is 0 Å². The van der Waals surface area contributed by atoms with Gasteiger partial charge in [-0.25, -0.2) is 0 Å². The molecule has 0 N–H and O–H groups in total. The molecule has 2 nitrogen and oxygen atoms in total. The van der Waals surface area contributed by atoms with Crippen LogP contribution in [0.4, 0.5) is 0 Å². The van der Waals surface area contributed by atoms with E-state index < -0.39 is 0 Å². The van der Waals surface area contributed by atoms with E-state index in [9.17, 15) is 0 Å². The zero-order chi connectivity index (χ0) is 11.1. The van der Waals surface area contributed by atoms with Crippen molar-refractivity contribution >= 4 is 0 Å². The van der Waals surface area contributed by atoms with E-state index in [4.69, 9.17) is 5.26 Å². The molecule has 0 aromatic heterocycles. The van der Waals surface area contributed by atoms with E-state index in [-0.39, 0.29) is 0 Å². The van der Waals surface area contributed by atoms with Gasteiger partial charge in [0.2, 0.25) is 0 Å². The van der Waals surface area contributed by atoms with Crippen molar-refractivity contribution in [3.05, 3.63) is 12.3 Å². The molecule has 0 unspecified atom stereocenters. The summed E-state index contributed by atoms with van der Waals surface area (Å²) in [6, 6.07) is 2.82. The van der Waals surface area contributed by atoms with Crippen molar-refractivity contribution in [3.8, 4) is 6.07 Å². The second-order valence-electron chi connectivity index (χ2n) is 6.03. The van der Waals surface area contributed by atoms with Crippen molar-refractivity contribution in [2.24, 2.45) is 23.7 Å². The van der Waals surface area contributed by atoms with Crippen molar-refractivity contribution in [2.75, 3.05) is 7.05 Å². The third kappa shape index (κ3) is 1.54. The summed E-state index contributed by atoms with van der Waals surface area (Å²) in [7, 11) is 2.15. The molecule has 0 atom stereocenters. The van der Waals surface area contributed by atoms with Crippen molar-refractivity contribution in [2.45, 2.75) is 38.1 Å². The van der Waals surface area contributed by atoms with Crippen LogP contribution in [0, 0.1) is 35.0 Å². The molecule has 4 bridgehead atoms. The zero-order valence-electron chi connectivity index (χ0n) is 9.97. The maximum atomic E-state index is 8.60. The van der Waals surface area contributed by atoms with E-state index in [1.54, 1.807) is 6.08 Å². The van der Waals surface area contributed by atoms with Crippen LogP contribution in [-0.4, -0.2) is 18.0 Å². The topological polar surface area (TPSA) is 27.0 Å². The van der Waals surface area contributed by atoms with Crippen molar-refractivity contribution in [1.82, 2.24) is 4.90 Å². The summed E-state index contributed by atoms with van der Waals surface area (Å²) in [6.45, 7) is 0. The Bertz CT molecular complexity index is 311. The van der Waals surface area contributed by atoms with Crippen LogP contribution >= 0.6 is 0 Å². The fraction of sp³-hybridized carbons (Fsp3) is 0.786. The van der Waals surface area contributed by atoms with Crippen molar-refractivity contribution < 1.29 is 0 Å². The first-order valence-corrected chi connectivity index (χ1v) is 6.56. The molecule has 4 saturated carbocycles. The Labute approximate surface area is 97.9 Å². The molecule has 4 aliphatic carbocycles. The smallest absolute Gasteiger partial charge is 0.0927 e. The highest BCUT2D eigenvalue weighted by atomic mass is 15.1. The maximum Gasteiger partial charge on any atom is 0.0927 e. The molecule has 86 valence electrons. The third-order valence-electron chi connectivity index (χ3n) is 5.03. The minimum atomic E-state index is 0.720. The Morgan fingerprint density at radius 3 is 2.12 bits per heavy atom. The Kier molecular flexibility index (Phi) is 2.42. The Balaban J connectivity index is 1.77. The summed E-state index contributed by atoms with van der Waals surface area (Å²) in [4.78, 5) is 2.32. The molecule has 2 heteroatoms. The molecule has 4 fully saturated rings. The van der Waals surface area contributed by atoms with E-state index in [1.807, 2.05) is 6.20 Å². The SMILES string of the molecule is CN(/C=C/C#N)C1C2CC3CC(C2)CC1C3. The largest absolute Gasteiger partial charge is 0.376 e. The summed E-state index contributed by atoms with van der Waals surface area (Å²) in [6.07, 6.45) is 10.9. The van der Waals surface area contributed by atoms with Crippen LogP contribution in [0.15, 0.2) is 12.3 Å². The molecule has 0 amide bonds. The summed E-state index contributed by atoms with van der Waals surface area (Å²) >= 11 is 0. The van der Waals surface area contributed by atoms with Gasteiger partial charge < -0.3 is 4.90 Å². The predicted molar refractivity (Wildman–Crippen MR) is 63.3 cm³/mol. The maximum absolute atomic E-state index is 8.60. The van der Waals surface area contributed by atoms with Crippen LogP contribution in [0.1, 0.15) is 32.1 Å². The molecule has 0 radical (unpaired) electrons. The lowest BCUT2D eigenvalue weighted by atomic mass is 9.54. The highest BCUT2D eigenvalue weighted by Gasteiger charge is 2.49. The standard InChI is InChI=1S/C14H20N2/c1-16(4-2-3-15)14-12-6-10-5-11(8-12)9-13(14)7-10/h2,4,10-14H,5-9H2,1H3/b4-2+. The van der Waals surface area contributed by atoms with Gasteiger partial charge in [-0.15, -0.1) is 0 Å². The Hall–Kier alpha value is -0.970. The fourth-order valence-electron chi connectivity index (χ4n) is 4.81. The van der Waals surface area contributed by atoms with E-state index in [1.165, 1.54) is 32.1 Å². The normalized spacial score (nSPS) is 44.9. The lowest BCUT2D eigenvalue weighted by Gasteiger charge is -2.56. The first kappa shape index (κ1) is 10.2. The van der Waals surface area contributed by atoms with E-state index in [0.29, 0.717) is 0 Å². The molecule has 16 heavy (non-hydrogen) atoms. The number of hydrogen-bond donors (Lipinski definition) is 0. The first-order valence-electron chi connectivity index (χ1n) is 6.56. The molecule has 0 spiro atoms. The number of hydrogen-bond acceptors (Lipinski definition) is 2. The van der Waals surface area contributed by atoms with Gasteiger partial charge in [-0.05, 0) is 55.8 Å². The lowest BCUT2D eigenvalue weighted by Crippen LogP contribution is -2.53. The van der Waals surface area contributed by atoms with E-state index in [2.05, 4.69) is 18.0 Å². The Morgan fingerprint density at radius 1 is 1.06 bits per heavy atom. The van der Waals surface area contributed by atoms with Crippen molar-refractivity contribution in [1.29, 1.82) is 5.26 Å². The molecule has 0 aliphatic heterocycles. The summed E-state index contributed by atoms with van der Waals surface area (Å²) in [5.41, 5.74) is 0. The van der Waals surface area contributed by atoms with Gasteiger partial charge in [0.1, 0.15) is 0 Å². The number of allylic oxidation sites excluding steroid dienone is 1. The Morgan fingerprint density at radius 2 is 1.62 bits per heavy atom. The van der Waals surface area contributed by atoms with Gasteiger partial charge in [-0.1, -0.05) is 0 Å². The molecule has 0 aromatic rings. The highest BCUT2D eigenvalue weighted by molar-refractivity contribution is 5.06. The highest BCUT2D eigenvalue weighted by Crippen LogP contribution is 2.54. The average Bonchev–Trinajstić information content (AvgIpc) is 2.24. The van der Waals surface area contributed by atoms with E-state index >= 15 is 0 Å². The van der Waals surface area contributed by atoms with Gasteiger partial charge >= 0.3 is 0 Å². The molecular formula is C14H20N2. The summed E-state index contributed by atoms with van der Waals surface area (Å²) in [5, 5.41) is 8.60. The molecule has 0 aromatic carbocycles. The monoisotopic (exact) mass is 216 g/mol. The van der Waals surface area contributed by atoms with E-state index in [0.717, 1.165) is 29.7 Å². The minimum Gasteiger partial charge on any atom is -0.376 e. The fourth-order valence-corrected chi connectivity index (χ4v) is 4.81. The third-order valence-corrected chi connectivity index (χ3v) is 5.03. The van der Waals surface area contributed by atoms with Crippen LogP contribution in [0.3, 0.4) is 0 Å². The summed E-state index contributed by atoms with van der Waals surface area (Å²) in [5.74, 6) is 3.88. The van der Waals surface area contributed by atoms with Gasteiger partial charge in [0, 0.05) is 25.4 Å². The molecule has 0 saturated heterocycles. The average molecular weight is 216 g/mol. The quantitative estimate of drug-likeness (QED) is 0.664. The number of nitrogens with zero attached hydrogens (tertiary/aromatic N) is 2. The van der Waals surface area contributed by atoms with Crippen LogP contribution in [0.2, 0.25) is 0 Å². The molecule has 0 heterocycles. The molecule has 4 rings (SSSR count). The van der Waals surface area contributed by atoms with Gasteiger partial charge in [0.05, 0.1) is 6.07 Å². The minimum absolute atomic E-state index is 0.720. The zero-order valence-corrected chi connectivity index (χ0v) is 9.97. The van der Waals surface area contributed by atoms with Gasteiger partial charge in [0.25, 0.3) is 0 Å². The molecular weight excluding hydrogens is 196 g/mol. The lowest BCUT2D eigenvalue weighted by molar-refractivity contribution is -0.0443. The van der Waals surface area contributed by atoms with Crippen LogP contribution in [0.5, 0.6) is 0 Å². The van der Waals surface area contributed by atoms with Gasteiger partial charge in [-0.3, -0.25) is 0 Å².